The van der Waals surface area contributed by atoms with Gasteiger partial charge in [0, 0.05) is 17.5 Å². The lowest BCUT2D eigenvalue weighted by molar-refractivity contribution is 0.318. The molecule has 0 aliphatic heterocycles. The predicted octanol–water partition coefficient (Wildman–Crippen LogP) is 3.36. The maximum Gasteiger partial charge on any atom is 0.137 e. The number of hydrogen-bond donors (Lipinski definition) is 1. The van der Waals surface area contributed by atoms with Crippen molar-refractivity contribution >= 4 is 11.0 Å². The van der Waals surface area contributed by atoms with Crippen LogP contribution in [0.5, 0.6) is 5.75 Å². The molecule has 2 rings (SSSR count). The molecule has 0 aliphatic carbocycles. The summed E-state index contributed by atoms with van der Waals surface area (Å²) >= 11 is 0. The monoisotopic (exact) mass is 247 g/mol. The van der Waals surface area contributed by atoms with Crippen LogP contribution in [0.25, 0.3) is 11.0 Å². The molecule has 3 heteroatoms. The molecule has 1 unspecified atom stereocenters. The van der Waals surface area contributed by atoms with E-state index in [4.69, 9.17) is 14.9 Å². The molecule has 0 amide bonds. The molecule has 2 N–H and O–H groups in total. The Hall–Kier alpha value is -1.48. The van der Waals surface area contributed by atoms with Crippen molar-refractivity contribution in [1.29, 1.82) is 0 Å². The van der Waals surface area contributed by atoms with Crippen LogP contribution in [-0.2, 0) is 6.42 Å². The second kappa shape index (κ2) is 4.65. The lowest BCUT2D eigenvalue weighted by Gasteiger charge is -2.26. The molecule has 1 aromatic carbocycles. The van der Waals surface area contributed by atoms with Gasteiger partial charge in [0.2, 0.25) is 0 Å². The molecule has 18 heavy (non-hydrogen) atoms. The van der Waals surface area contributed by atoms with E-state index in [9.17, 15) is 0 Å². The fourth-order valence-corrected chi connectivity index (χ4v) is 1.89. The van der Waals surface area contributed by atoms with Crippen molar-refractivity contribution < 1.29 is 9.15 Å². The van der Waals surface area contributed by atoms with Gasteiger partial charge in [0.05, 0.1) is 13.4 Å². The van der Waals surface area contributed by atoms with Crippen molar-refractivity contribution in [3.05, 3.63) is 30.0 Å². The van der Waals surface area contributed by atoms with Crippen LogP contribution in [0.4, 0.5) is 0 Å². The maximum atomic E-state index is 6.22. The van der Waals surface area contributed by atoms with Gasteiger partial charge in [-0.05, 0) is 29.5 Å². The van der Waals surface area contributed by atoms with Crippen LogP contribution in [0, 0.1) is 5.41 Å². The smallest absolute Gasteiger partial charge is 0.137 e. The van der Waals surface area contributed by atoms with Gasteiger partial charge in [-0.3, -0.25) is 0 Å². The lowest BCUT2D eigenvalue weighted by atomic mass is 9.84. The molecule has 98 valence electrons. The number of methoxy groups -OCH3 is 1. The summed E-state index contributed by atoms with van der Waals surface area (Å²) in [7, 11) is 1.65. The van der Waals surface area contributed by atoms with Gasteiger partial charge >= 0.3 is 0 Å². The Bertz CT molecular complexity index is 537. The van der Waals surface area contributed by atoms with E-state index < -0.39 is 0 Å². The van der Waals surface area contributed by atoms with E-state index in [-0.39, 0.29) is 11.5 Å². The van der Waals surface area contributed by atoms with Gasteiger partial charge in [-0.1, -0.05) is 20.8 Å². The zero-order valence-electron chi connectivity index (χ0n) is 11.5. The van der Waals surface area contributed by atoms with Crippen LogP contribution in [-0.4, -0.2) is 13.2 Å². The van der Waals surface area contributed by atoms with E-state index in [0.717, 1.165) is 28.7 Å². The summed E-state index contributed by atoms with van der Waals surface area (Å²) in [5.74, 6) is 0.809. The first-order valence-corrected chi connectivity index (χ1v) is 6.21. The molecule has 0 spiro atoms. The molecule has 0 radical (unpaired) electrons. The number of hydrogen-bond acceptors (Lipinski definition) is 3. The second-order valence-electron chi connectivity index (χ2n) is 5.80. The van der Waals surface area contributed by atoms with Gasteiger partial charge in [-0.2, -0.15) is 0 Å². The standard InChI is InChI=1S/C15H21NO2/c1-15(2,3)14(16)7-10-9-18-13-8-11(17-4)5-6-12(10)13/h5-6,8-9,14H,7,16H2,1-4H3. The third kappa shape index (κ3) is 2.51. The Morgan fingerprint density at radius 2 is 2.06 bits per heavy atom. The normalized spacial score (nSPS) is 13.8. The third-order valence-corrected chi connectivity index (χ3v) is 3.42. The Labute approximate surface area is 108 Å². The summed E-state index contributed by atoms with van der Waals surface area (Å²) < 4.78 is 10.8. The van der Waals surface area contributed by atoms with Crippen molar-refractivity contribution in [1.82, 2.24) is 0 Å². The fraction of sp³-hybridized carbons (Fsp3) is 0.467. The second-order valence-corrected chi connectivity index (χ2v) is 5.80. The SMILES string of the molecule is COc1ccc2c(CC(N)C(C)(C)C)coc2c1. The summed E-state index contributed by atoms with van der Waals surface area (Å²) in [5.41, 5.74) is 8.33. The van der Waals surface area contributed by atoms with Crippen molar-refractivity contribution in [2.24, 2.45) is 11.1 Å². The molecular weight excluding hydrogens is 226 g/mol. The highest BCUT2D eigenvalue weighted by Crippen LogP contribution is 2.28. The zero-order chi connectivity index (χ0) is 13.3. The molecule has 0 saturated heterocycles. The summed E-state index contributed by atoms with van der Waals surface area (Å²) in [6, 6.07) is 5.99. The number of furan rings is 1. The van der Waals surface area contributed by atoms with Crippen LogP contribution in [0.3, 0.4) is 0 Å². The third-order valence-electron chi connectivity index (χ3n) is 3.42. The first kappa shape index (κ1) is 13.0. The van der Waals surface area contributed by atoms with E-state index >= 15 is 0 Å². The van der Waals surface area contributed by atoms with Crippen molar-refractivity contribution in [2.75, 3.05) is 7.11 Å². The minimum absolute atomic E-state index is 0.0933. The van der Waals surface area contributed by atoms with E-state index in [1.54, 1.807) is 13.4 Å². The molecule has 1 aromatic heterocycles. The Balaban J connectivity index is 2.30. The summed E-state index contributed by atoms with van der Waals surface area (Å²) in [6.07, 6.45) is 2.62. The van der Waals surface area contributed by atoms with E-state index in [1.807, 2.05) is 18.2 Å². The highest BCUT2D eigenvalue weighted by Gasteiger charge is 2.22. The van der Waals surface area contributed by atoms with Crippen LogP contribution >= 0.6 is 0 Å². The van der Waals surface area contributed by atoms with Crippen LogP contribution in [0.1, 0.15) is 26.3 Å². The summed E-state index contributed by atoms with van der Waals surface area (Å²) in [6.45, 7) is 6.47. The fourth-order valence-electron chi connectivity index (χ4n) is 1.89. The Morgan fingerprint density at radius 1 is 1.33 bits per heavy atom. The number of rotatable bonds is 3. The lowest BCUT2D eigenvalue weighted by Crippen LogP contribution is -2.36. The molecular formula is C15H21NO2. The van der Waals surface area contributed by atoms with Crippen molar-refractivity contribution in [2.45, 2.75) is 33.2 Å². The summed E-state index contributed by atoms with van der Waals surface area (Å²) in [5, 5.41) is 1.12. The molecule has 0 saturated carbocycles. The molecule has 1 heterocycles. The zero-order valence-corrected chi connectivity index (χ0v) is 11.5. The first-order chi connectivity index (χ1) is 8.41. The molecule has 0 bridgehead atoms. The van der Waals surface area contributed by atoms with Gasteiger partial charge in [0.1, 0.15) is 11.3 Å². The topological polar surface area (TPSA) is 48.4 Å². The van der Waals surface area contributed by atoms with E-state index in [2.05, 4.69) is 20.8 Å². The van der Waals surface area contributed by atoms with Crippen molar-refractivity contribution in [3.8, 4) is 5.75 Å². The summed E-state index contributed by atoms with van der Waals surface area (Å²) in [4.78, 5) is 0. The van der Waals surface area contributed by atoms with E-state index in [1.165, 1.54) is 0 Å². The molecule has 2 aromatic rings. The highest BCUT2D eigenvalue weighted by molar-refractivity contribution is 5.82. The molecule has 3 nitrogen and oxygen atoms in total. The average Bonchev–Trinajstić information content (AvgIpc) is 2.70. The van der Waals surface area contributed by atoms with Crippen LogP contribution in [0.15, 0.2) is 28.9 Å². The Kier molecular flexibility index (Phi) is 3.35. The number of benzene rings is 1. The number of nitrogens with two attached hydrogens (primary N) is 1. The van der Waals surface area contributed by atoms with E-state index in [0.29, 0.717) is 0 Å². The minimum atomic E-state index is 0.0933. The van der Waals surface area contributed by atoms with Crippen molar-refractivity contribution in [3.63, 3.8) is 0 Å². The molecule has 0 aliphatic rings. The largest absolute Gasteiger partial charge is 0.497 e. The average molecular weight is 247 g/mol. The van der Waals surface area contributed by atoms with Gasteiger partial charge in [0.25, 0.3) is 0 Å². The van der Waals surface area contributed by atoms with Gasteiger partial charge in [-0.25, -0.2) is 0 Å². The first-order valence-electron chi connectivity index (χ1n) is 6.21. The Morgan fingerprint density at radius 3 is 2.67 bits per heavy atom. The quantitative estimate of drug-likeness (QED) is 0.904. The highest BCUT2D eigenvalue weighted by atomic mass is 16.5. The van der Waals surface area contributed by atoms with Crippen LogP contribution in [0.2, 0.25) is 0 Å². The number of ether oxygens (including phenoxy) is 1. The number of fused-ring (bicyclic) bond motifs is 1. The predicted molar refractivity (Wildman–Crippen MR) is 73.9 cm³/mol. The van der Waals surface area contributed by atoms with Gasteiger partial charge in [-0.15, -0.1) is 0 Å². The van der Waals surface area contributed by atoms with Gasteiger partial charge in [0.15, 0.2) is 0 Å². The minimum Gasteiger partial charge on any atom is -0.497 e. The van der Waals surface area contributed by atoms with Crippen LogP contribution < -0.4 is 10.5 Å². The van der Waals surface area contributed by atoms with Gasteiger partial charge < -0.3 is 14.9 Å². The molecule has 1 atom stereocenters. The molecule has 0 fully saturated rings. The maximum absolute atomic E-state index is 6.22.